The van der Waals surface area contributed by atoms with Crippen LogP contribution in [0.1, 0.15) is 30.3 Å². The molecule has 1 amide bonds. The highest BCUT2D eigenvalue weighted by molar-refractivity contribution is 6.31. The van der Waals surface area contributed by atoms with Crippen LogP contribution in [0.4, 0.5) is 13.2 Å². The number of nitrogens with zero attached hydrogens (tertiary/aromatic N) is 2. The number of carbonyl (C=O) groups excluding carboxylic acids is 1. The van der Waals surface area contributed by atoms with Crippen molar-refractivity contribution in [3.63, 3.8) is 0 Å². The third-order valence-corrected chi connectivity index (χ3v) is 4.75. The number of aromatic nitrogens is 2. The van der Waals surface area contributed by atoms with Gasteiger partial charge in [0.05, 0.1) is 29.4 Å². The van der Waals surface area contributed by atoms with Crippen molar-refractivity contribution in [3.05, 3.63) is 74.8 Å². The number of H-pyrrole nitrogens is 1. The van der Waals surface area contributed by atoms with Gasteiger partial charge < -0.3 is 9.88 Å². The van der Waals surface area contributed by atoms with E-state index >= 15 is 0 Å². The number of nitrogens with one attached hydrogen (secondary N) is 1. The van der Waals surface area contributed by atoms with Gasteiger partial charge in [-0.15, -0.1) is 0 Å². The fourth-order valence-corrected chi connectivity index (χ4v) is 3.29. The van der Waals surface area contributed by atoms with Gasteiger partial charge in [-0.3, -0.25) is 9.59 Å². The lowest BCUT2D eigenvalue weighted by Crippen LogP contribution is -2.34. The van der Waals surface area contributed by atoms with Gasteiger partial charge in [0, 0.05) is 11.6 Å². The topological polar surface area (TPSA) is 66.1 Å². The number of benzene rings is 2. The number of fused-ring (bicyclic) bond motifs is 1. The summed E-state index contributed by atoms with van der Waals surface area (Å²) in [5.41, 5.74) is -0.480. The van der Waals surface area contributed by atoms with Crippen molar-refractivity contribution in [1.29, 1.82) is 0 Å². The predicted octanol–water partition coefficient (Wildman–Crippen LogP) is 4.58. The molecule has 0 saturated carbocycles. The number of alkyl halides is 3. The smallest absolute Gasteiger partial charge is 0.335 e. The minimum Gasteiger partial charge on any atom is -0.335 e. The summed E-state index contributed by atoms with van der Waals surface area (Å²) in [5.74, 6) is -0.0781. The highest BCUT2D eigenvalue weighted by atomic mass is 35.5. The number of hydrogen-bond acceptors (Lipinski definition) is 3. The molecule has 3 rings (SSSR count). The predicted molar refractivity (Wildman–Crippen MR) is 108 cm³/mol. The van der Waals surface area contributed by atoms with Gasteiger partial charge in [-0.25, -0.2) is 4.98 Å². The fourth-order valence-electron chi connectivity index (χ4n) is 3.12. The van der Waals surface area contributed by atoms with Crippen molar-refractivity contribution in [1.82, 2.24) is 14.9 Å². The molecule has 30 heavy (non-hydrogen) atoms. The monoisotopic (exact) mass is 437 g/mol. The summed E-state index contributed by atoms with van der Waals surface area (Å²) >= 11 is 5.97. The Hall–Kier alpha value is -2.87. The van der Waals surface area contributed by atoms with Crippen LogP contribution in [0.15, 0.2) is 47.3 Å². The van der Waals surface area contributed by atoms with Crippen LogP contribution in [0.3, 0.4) is 0 Å². The zero-order valence-electron chi connectivity index (χ0n) is 16.1. The minimum atomic E-state index is -4.47. The largest absolute Gasteiger partial charge is 0.416 e. The van der Waals surface area contributed by atoms with E-state index in [1.54, 1.807) is 18.2 Å². The van der Waals surface area contributed by atoms with E-state index in [-0.39, 0.29) is 35.8 Å². The van der Waals surface area contributed by atoms with Gasteiger partial charge in [-0.05, 0) is 36.2 Å². The third-order valence-electron chi connectivity index (χ3n) is 4.51. The van der Waals surface area contributed by atoms with Crippen LogP contribution in [0.5, 0.6) is 0 Å². The SMILES string of the molecule is CCCN(Cc1nc2cc(Cl)ccc2c(=O)[nH]1)C(=O)Cc1cccc(C(F)(F)F)c1. The van der Waals surface area contributed by atoms with E-state index in [2.05, 4.69) is 9.97 Å². The zero-order valence-corrected chi connectivity index (χ0v) is 16.8. The summed E-state index contributed by atoms with van der Waals surface area (Å²) in [6, 6.07) is 9.41. The van der Waals surface area contributed by atoms with E-state index in [1.165, 1.54) is 17.0 Å². The van der Waals surface area contributed by atoms with E-state index in [9.17, 15) is 22.8 Å². The number of hydrogen-bond donors (Lipinski definition) is 1. The number of aromatic amines is 1. The van der Waals surface area contributed by atoms with Gasteiger partial charge >= 0.3 is 6.18 Å². The molecule has 9 heteroatoms. The maximum atomic E-state index is 12.9. The number of halogens is 4. The lowest BCUT2D eigenvalue weighted by molar-refractivity contribution is -0.138. The highest BCUT2D eigenvalue weighted by Gasteiger charge is 2.30. The Kier molecular flexibility index (Phi) is 6.45. The van der Waals surface area contributed by atoms with Crippen LogP contribution in [-0.4, -0.2) is 27.3 Å². The molecule has 5 nitrogen and oxygen atoms in total. The van der Waals surface area contributed by atoms with E-state index in [0.29, 0.717) is 28.9 Å². The average molecular weight is 438 g/mol. The molecule has 2 aromatic carbocycles. The van der Waals surface area contributed by atoms with Crippen LogP contribution in [0.2, 0.25) is 5.02 Å². The van der Waals surface area contributed by atoms with Gasteiger partial charge in [0.25, 0.3) is 5.56 Å². The Morgan fingerprint density at radius 1 is 1.20 bits per heavy atom. The number of rotatable bonds is 6. The Labute approximate surface area is 175 Å². The summed E-state index contributed by atoms with van der Waals surface area (Å²) in [5, 5.41) is 0.804. The molecule has 0 aliphatic rings. The molecular formula is C21H19ClF3N3O2. The lowest BCUT2D eigenvalue weighted by Gasteiger charge is -2.22. The molecule has 0 unspecified atom stereocenters. The van der Waals surface area contributed by atoms with Crippen molar-refractivity contribution < 1.29 is 18.0 Å². The van der Waals surface area contributed by atoms with Crippen LogP contribution >= 0.6 is 11.6 Å². The molecule has 3 aromatic rings. The fraction of sp³-hybridized carbons (Fsp3) is 0.286. The third kappa shape index (κ3) is 5.18. The second-order valence-corrected chi connectivity index (χ2v) is 7.30. The highest BCUT2D eigenvalue weighted by Crippen LogP contribution is 2.29. The maximum absolute atomic E-state index is 12.9. The first kappa shape index (κ1) is 21.8. The van der Waals surface area contributed by atoms with E-state index < -0.39 is 11.7 Å². The van der Waals surface area contributed by atoms with Crippen molar-refractivity contribution in [2.24, 2.45) is 0 Å². The van der Waals surface area contributed by atoms with Gasteiger partial charge in [-0.2, -0.15) is 13.2 Å². The Morgan fingerprint density at radius 2 is 1.97 bits per heavy atom. The molecule has 0 radical (unpaired) electrons. The van der Waals surface area contributed by atoms with Crippen molar-refractivity contribution in [3.8, 4) is 0 Å². The molecule has 0 bridgehead atoms. The van der Waals surface area contributed by atoms with Gasteiger partial charge in [-0.1, -0.05) is 36.7 Å². The molecule has 0 aliphatic carbocycles. The minimum absolute atomic E-state index is 0.0311. The Bertz CT molecular complexity index is 1130. The van der Waals surface area contributed by atoms with Gasteiger partial charge in [0.15, 0.2) is 0 Å². The zero-order chi connectivity index (χ0) is 21.9. The summed E-state index contributed by atoms with van der Waals surface area (Å²) in [7, 11) is 0. The summed E-state index contributed by atoms with van der Waals surface area (Å²) < 4.78 is 38.8. The van der Waals surface area contributed by atoms with Crippen molar-refractivity contribution >= 4 is 28.4 Å². The van der Waals surface area contributed by atoms with Crippen LogP contribution in [0, 0.1) is 0 Å². The molecule has 1 N–H and O–H groups in total. The first-order chi connectivity index (χ1) is 14.2. The number of amides is 1. The quantitative estimate of drug-likeness (QED) is 0.614. The molecule has 1 aromatic heterocycles. The molecule has 158 valence electrons. The maximum Gasteiger partial charge on any atom is 0.416 e. The molecule has 0 fully saturated rings. The van der Waals surface area contributed by atoms with Gasteiger partial charge in [0.1, 0.15) is 5.82 Å². The average Bonchev–Trinajstić information content (AvgIpc) is 2.67. The molecule has 0 spiro atoms. The van der Waals surface area contributed by atoms with Crippen molar-refractivity contribution in [2.75, 3.05) is 6.54 Å². The summed E-state index contributed by atoms with van der Waals surface area (Å²) in [6.07, 6.45) is -4.02. The first-order valence-corrected chi connectivity index (χ1v) is 9.67. The molecule has 0 saturated heterocycles. The normalized spacial score (nSPS) is 11.6. The van der Waals surface area contributed by atoms with Gasteiger partial charge in [0.2, 0.25) is 5.91 Å². The van der Waals surface area contributed by atoms with Crippen LogP contribution in [-0.2, 0) is 23.9 Å². The van der Waals surface area contributed by atoms with Crippen molar-refractivity contribution in [2.45, 2.75) is 32.5 Å². The van der Waals surface area contributed by atoms with E-state index in [0.717, 1.165) is 12.1 Å². The summed E-state index contributed by atoms with van der Waals surface area (Å²) in [4.78, 5) is 33.6. The Balaban J connectivity index is 1.83. The lowest BCUT2D eigenvalue weighted by atomic mass is 10.1. The number of carbonyl (C=O) groups is 1. The summed E-state index contributed by atoms with van der Waals surface area (Å²) in [6.45, 7) is 2.28. The van der Waals surface area contributed by atoms with Crippen LogP contribution in [0.25, 0.3) is 10.9 Å². The van der Waals surface area contributed by atoms with E-state index in [1.807, 2.05) is 6.92 Å². The molecule has 0 atom stereocenters. The van der Waals surface area contributed by atoms with E-state index in [4.69, 9.17) is 11.6 Å². The molecule has 0 aliphatic heterocycles. The first-order valence-electron chi connectivity index (χ1n) is 9.29. The standard InChI is InChI=1S/C21H19ClF3N3O2/c1-2-8-28(19(29)10-13-4-3-5-14(9-13)21(23,24)25)12-18-26-17-11-15(22)6-7-16(17)20(30)27-18/h3-7,9,11H,2,8,10,12H2,1H3,(H,26,27,30). The molecule has 1 heterocycles. The van der Waals surface area contributed by atoms with Crippen LogP contribution < -0.4 is 5.56 Å². The Morgan fingerprint density at radius 3 is 2.67 bits per heavy atom. The second kappa shape index (κ2) is 8.87. The second-order valence-electron chi connectivity index (χ2n) is 6.86. The molecular weight excluding hydrogens is 419 g/mol.